The molecule has 0 fully saturated rings. The maximum absolute atomic E-state index is 12.6. The second kappa shape index (κ2) is 35.1. The molecular weight excluding hydrogens is 592 g/mol. The van der Waals surface area contributed by atoms with Gasteiger partial charge < -0.3 is 14.2 Å². The Bertz CT molecular complexity index is 822. The molecular formula is C44H80O4. The summed E-state index contributed by atoms with van der Waals surface area (Å²) in [4.78, 5) is 12.6. The minimum atomic E-state index is -0.279. The summed E-state index contributed by atoms with van der Waals surface area (Å²) in [5, 5.41) is 0. The van der Waals surface area contributed by atoms with E-state index in [1.54, 1.807) is 19.2 Å². The summed E-state index contributed by atoms with van der Waals surface area (Å²) in [5.41, 5.74) is 0.526. The molecule has 0 heterocycles. The van der Waals surface area contributed by atoms with Gasteiger partial charge in [-0.25, -0.2) is 4.79 Å². The van der Waals surface area contributed by atoms with Gasteiger partial charge in [-0.15, -0.1) is 0 Å². The van der Waals surface area contributed by atoms with Gasteiger partial charge in [-0.2, -0.15) is 0 Å². The van der Waals surface area contributed by atoms with Crippen molar-refractivity contribution in [1.82, 2.24) is 0 Å². The van der Waals surface area contributed by atoms with Crippen LogP contribution in [-0.4, -0.2) is 26.3 Å². The Kier molecular flexibility index (Phi) is 32.4. The summed E-state index contributed by atoms with van der Waals surface area (Å²) in [6.07, 6.45) is 43.2. The first-order valence-electron chi connectivity index (χ1n) is 21.2. The van der Waals surface area contributed by atoms with Crippen molar-refractivity contribution in [3.8, 4) is 11.5 Å². The van der Waals surface area contributed by atoms with Crippen LogP contribution in [0.1, 0.15) is 230 Å². The van der Waals surface area contributed by atoms with Crippen molar-refractivity contribution in [1.29, 1.82) is 0 Å². The Labute approximate surface area is 299 Å². The third-order valence-corrected chi connectivity index (χ3v) is 9.89. The van der Waals surface area contributed by atoms with Crippen LogP contribution in [0, 0.1) is 0 Å². The van der Waals surface area contributed by atoms with Gasteiger partial charge in [-0.3, -0.25) is 0 Å². The van der Waals surface area contributed by atoms with E-state index in [0.29, 0.717) is 30.3 Å². The molecule has 0 unspecified atom stereocenters. The van der Waals surface area contributed by atoms with E-state index < -0.39 is 0 Å². The molecule has 0 aromatic heterocycles. The monoisotopic (exact) mass is 673 g/mol. The van der Waals surface area contributed by atoms with Crippen molar-refractivity contribution in [3.05, 3.63) is 23.8 Å². The van der Waals surface area contributed by atoms with Crippen LogP contribution in [0.15, 0.2) is 18.2 Å². The lowest BCUT2D eigenvalue weighted by atomic mass is 10.0. The molecule has 280 valence electrons. The first kappa shape index (κ1) is 44.3. The minimum absolute atomic E-state index is 0.279. The molecule has 0 spiro atoms. The van der Waals surface area contributed by atoms with Crippen LogP contribution < -0.4 is 9.47 Å². The molecule has 1 rings (SSSR count). The van der Waals surface area contributed by atoms with Crippen molar-refractivity contribution in [3.63, 3.8) is 0 Å². The van der Waals surface area contributed by atoms with Crippen molar-refractivity contribution < 1.29 is 19.0 Å². The molecule has 0 saturated heterocycles. The predicted octanol–water partition coefficient (Wildman–Crippen LogP) is 14.8. The number of carbonyl (C=O) groups excluding carboxylic acids is 1. The highest BCUT2D eigenvalue weighted by molar-refractivity contribution is 5.90. The average Bonchev–Trinajstić information content (AvgIpc) is 3.10. The molecule has 0 aliphatic rings. The Morgan fingerprint density at radius 1 is 0.438 bits per heavy atom. The molecule has 0 radical (unpaired) electrons. The molecule has 0 N–H and O–H groups in total. The Morgan fingerprint density at radius 2 is 0.771 bits per heavy atom. The smallest absolute Gasteiger partial charge is 0.338 e. The fraction of sp³-hybridized carbons (Fsp3) is 0.841. The van der Waals surface area contributed by atoms with E-state index in [1.165, 1.54) is 186 Å². The molecule has 4 nitrogen and oxygen atoms in total. The van der Waals surface area contributed by atoms with Gasteiger partial charge >= 0.3 is 5.97 Å². The zero-order chi connectivity index (χ0) is 34.6. The summed E-state index contributed by atoms with van der Waals surface area (Å²) in [6, 6.07) is 5.39. The van der Waals surface area contributed by atoms with Crippen molar-refractivity contribution in [2.24, 2.45) is 0 Å². The number of unbranched alkanes of at least 4 members (excludes halogenated alkanes) is 30. The second-order valence-corrected chi connectivity index (χ2v) is 14.5. The van der Waals surface area contributed by atoms with E-state index in [-0.39, 0.29) is 5.97 Å². The fourth-order valence-corrected chi connectivity index (χ4v) is 6.64. The summed E-state index contributed by atoms with van der Waals surface area (Å²) < 4.78 is 17.1. The van der Waals surface area contributed by atoms with Crippen LogP contribution in [0.2, 0.25) is 0 Å². The number of benzene rings is 1. The number of hydrogen-bond acceptors (Lipinski definition) is 4. The van der Waals surface area contributed by atoms with Crippen LogP contribution in [0.5, 0.6) is 11.5 Å². The van der Waals surface area contributed by atoms with Gasteiger partial charge in [-0.05, 0) is 31.0 Å². The first-order valence-corrected chi connectivity index (χ1v) is 21.2. The molecule has 0 amide bonds. The molecule has 48 heavy (non-hydrogen) atoms. The standard InChI is InChI=1S/C44H80O4/c1-4-6-8-10-12-14-16-18-20-22-24-26-28-30-32-34-38-47-42-37-36-41(40-43(42)46-3)44(45)48-39-35-33-31-29-27-25-23-21-19-17-15-13-11-9-7-5-2/h36-37,40H,4-35,38-39H2,1-3H3. The van der Waals surface area contributed by atoms with Crippen molar-refractivity contribution in [2.45, 2.75) is 219 Å². The highest BCUT2D eigenvalue weighted by atomic mass is 16.5. The van der Waals surface area contributed by atoms with E-state index in [2.05, 4.69) is 13.8 Å². The summed E-state index contributed by atoms with van der Waals surface area (Å²) in [7, 11) is 1.63. The zero-order valence-corrected chi connectivity index (χ0v) is 32.4. The van der Waals surface area contributed by atoms with Crippen LogP contribution >= 0.6 is 0 Å². The van der Waals surface area contributed by atoms with Gasteiger partial charge in [0.05, 0.1) is 25.9 Å². The normalized spacial score (nSPS) is 11.2. The molecule has 1 aromatic carbocycles. The van der Waals surface area contributed by atoms with E-state index in [0.717, 1.165) is 19.3 Å². The Morgan fingerprint density at radius 3 is 1.12 bits per heavy atom. The lowest BCUT2D eigenvalue weighted by Gasteiger charge is -2.12. The fourth-order valence-electron chi connectivity index (χ4n) is 6.64. The van der Waals surface area contributed by atoms with Crippen molar-refractivity contribution >= 4 is 5.97 Å². The number of esters is 1. The van der Waals surface area contributed by atoms with Crippen molar-refractivity contribution in [2.75, 3.05) is 20.3 Å². The molecule has 0 bridgehead atoms. The van der Waals surface area contributed by atoms with Gasteiger partial charge in [0.1, 0.15) is 0 Å². The number of hydrogen-bond donors (Lipinski definition) is 0. The summed E-state index contributed by atoms with van der Waals surface area (Å²) >= 11 is 0. The van der Waals surface area contributed by atoms with Gasteiger partial charge in [-0.1, -0.05) is 206 Å². The molecule has 0 atom stereocenters. The van der Waals surface area contributed by atoms with Gasteiger partial charge in [0.2, 0.25) is 0 Å². The predicted molar refractivity (Wildman–Crippen MR) is 208 cm³/mol. The highest BCUT2D eigenvalue weighted by Crippen LogP contribution is 2.29. The van der Waals surface area contributed by atoms with E-state index >= 15 is 0 Å². The van der Waals surface area contributed by atoms with Gasteiger partial charge in [0, 0.05) is 0 Å². The van der Waals surface area contributed by atoms with Crippen LogP contribution in [0.3, 0.4) is 0 Å². The molecule has 0 aliphatic heterocycles. The lowest BCUT2D eigenvalue weighted by molar-refractivity contribution is 0.0497. The summed E-state index contributed by atoms with van der Waals surface area (Å²) in [6.45, 7) is 5.74. The SMILES string of the molecule is CCCCCCCCCCCCCCCCCCOC(=O)c1ccc(OCCCCCCCCCCCCCCCCCC)c(OC)c1. The lowest BCUT2D eigenvalue weighted by Crippen LogP contribution is -2.07. The number of carbonyl (C=O) groups is 1. The quantitative estimate of drug-likeness (QED) is 0.0521. The van der Waals surface area contributed by atoms with Gasteiger partial charge in [0.15, 0.2) is 11.5 Å². The minimum Gasteiger partial charge on any atom is -0.493 e. The third kappa shape index (κ3) is 27.2. The molecule has 1 aromatic rings. The maximum atomic E-state index is 12.6. The maximum Gasteiger partial charge on any atom is 0.338 e. The Balaban J connectivity index is 1.97. The Hall–Kier alpha value is -1.71. The summed E-state index contributed by atoms with van der Waals surface area (Å²) in [5.74, 6) is 1.02. The van der Waals surface area contributed by atoms with E-state index in [9.17, 15) is 4.79 Å². The second-order valence-electron chi connectivity index (χ2n) is 14.5. The van der Waals surface area contributed by atoms with E-state index in [1.807, 2.05) is 6.07 Å². The number of methoxy groups -OCH3 is 1. The first-order chi connectivity index (χ1) is 23.7. The van der Waals surface area contributed by atoms with Crippen LogP contribution in [0.4, 0.5) is 0 Å². The van der Waals surface area contributed by atoms with Crippen LogP contribution in [0.25, 0.3) is 0 Å². The largest absolute Gasteiger partial charge is 0.493 e. The van der Waals surface area contributed by atoms with Gasteiger partial charge in [0.25, 0.3) is 0 Å². The molecule has 4 heteroatoms. The third-order valence-electron chi connectivity index (χ3n) is 9.89. The number of ether oxygens (including phenoxy) is 3. The number of rotatable bonds is 37. The molecule has 0 saturated carbocycles. The average molecular weight is 673 g/mol. The zero-order valence-electron chi connectivity index (χ0n) is 32.4. The molecule has 0 aliphatic carbocycles. The topological polar surface area (TPSA) is 44.8 Å². The van der Waals surface area contributed by atoms with Crippen LogP contribution in [-0.2, 0) is 4.74 Å². The van der Waals surface area contributed by atoms with E-state index in [4.69, 9.17) is 14.2 Å². The highest BCUT2D eigenvalue weighted by Gasteiger charge is 2.12.